The number of esters is 1. The second kappa shape index (κ2) is 8.97. The van der Waals surface area contributed by atoms with Gasteiger partial charge >= 0.3 is 5.97 Å². The third-order valence-corrected chi connectivity index (χ3v) is 2.38. The molecule has 0 amide bonds. The van der Waals surface area contributed by atoms with E-state index in [0.29, 0.717) is 6.42 Å². The molecule has 0 fully saturated rings. The number of Topliss-reactive ketones (excluding diaryl/α,β-unsaturated/α-hetero) is 1. The van der Waals surface area contributed by atoms with Gasteiger partial charge in [0.15, 0.2) is 0 Å². The SMILES string of the molecule is CCC/C=C/CCC(C)C(=O)C(=O)OC(C)C. The lowest BCUT2D eigenvalue weighted by Gasteiger charge is -2.10. The highest BCUT2D eigenvalue weighted by Gasteiger charge is 2.22. The summed E-state index contributed by atoms with van der Waals surface area (Å²) >= 11 is 0. The highest BCUT2D eigenvalue weighted by molar-refractivity contribution is 6.34. The van der Waals surface area contributed by atoms with Gasteiger partial charge in [-0.15, -0.1) is 0 Å². The minimum Gasteiger partial charge on any atom is -0.457 e. The molecule has 0 saturated heterocycles. The van der Waals surface area contributed by atoms with Gasteiger partial charge in [0.2, 0.25) is 5.78 Å². The van der Waals surface area contributed by atoms with E-state index >= 15 is 0 Å². The standard InChI is InChI=1S/C14H24O3/c1-5-6-7-8-9-10-12(4)13(15)14(16)17-11(2)3/h7-8,11-12H,5-6,9-10H2,1-4H3/b8-7+. The molecule has 98 valence electrons. The van der Waals surface area contributed by atoms with Crippen LogP contribution in [0.5, 0.6) is 0 Å². The van der Waals surface area contributed by atoms with Crippen LogP contribution < -0.4 is 0 Å². The number of ketones is 1. The molecular weight excluding hydrogens is 216 g/mol. The zero-order valence-corrected chi connectivity index (χ0v) is 11.4. The van der Waals surface area contributed by atoms with Crippen molar-refractivity contribution in [2.75, 3.05) is 0 Å². The van der Waals surface area contributed by atoms with Gasteiger partial charge < -0.3 is 4.74 Å². The molecule has 0 bridgehead atoms. The number of carbonyl (C=O) groups is 2. The van der Waals surface area contributed by atoms with Gasteiger partial charge in [-0.25, -0.2) is 4.79 Å². The zero-order chi connectivity index (χ0) is 13.3. The Labute approximate surface area is 104 Å². The largest absolute Gasteiger partial charge is 0.457 e. The molecule has 0 N–H and O–H groups in total. The number of hydrogen-bond acceptors (Lipinski definition) is 3. The maximum absolute atomic E-state index is 11.6. The van der Waals surface area contributed by atoms with Crippen LogP contribution in [0.1, 0.15) is 53.4 Å². The van der Waals surface area contributed by atoms with Gasteiger partial charge in [-0.1, -0.05) is 32.4 Å². The van der Waals surface area contributed by atoms with Crippen LogP contribution >= 0.6 is 0 Å². The molecule has 0 aromatic heterocycles. The Hall–Kier alpha value is -1.12. The van der Waals surface area contributed by atoms with E-state index in [0.717, 1.165) is 19.3 Å². The lowest BCUT2D eigenvalue weighted by Crippen LogP contribution is -2.26. The first-order valence-corrected chi connectivity index (χ1v) is 6.38. The van der Waals surface area contributed by atoms with Gasteiger partial charge in [0.05, 0.1) is 6.10 Å². The molecule has 0 aromatic carbocycles. The van der Waals surface area contributed by atoms with Crippen LogP contribution in [0, 0.1) is 5.92 Å². The van der Waals surface area contributed by atoms with Crippen molar-refractivity contribution in [3.05, 3.63) is 12.2 Å². The zero-order valence-electron chi connectivity index (χ0n) is 11.4. The van der Waals surface area contributed by atoms with Crippen LogP contribution in [-0.4, -0.2) is 17.9 Å². The number of ether oxygens (including phenoxy) is 1. The van der Waals surface area contributed by atoms with Crippen LogP contribution in [0.4, 0.5) is 0 Å². The second-order valence-electron chi connectivity index (χ2n) is 4.56. The average molecular weight is 240 g/mol. The molecule has 0 saturated carbocycles. The van der Waals surface area contributed by atoms with Crippen molar-refractivity contribution in [1.29, 1.82) is 0 Å². The molecular formula is C14H24O3. The van der Waals surface area contributed by atoms with Crippen LogP contribution in [0.2, 0.25) is 0 Å². The molecule has 0 aliphatic heterocycles. The first-order chi connectivity index (χ1) is 7.99. The van der Waals surface area contributed by atoms with Crippen LogP contribution in [0.15, 0.2) is 12.2 Å². The van der Waals surface area contributed by atoms with E-state index in [9.17, 15) is 9.59 Å². The lowest BCUT2D eigenvalue weighted by molar-refractivity contribution is -0.158. The number of carbonyl (C=O) groups excluding carboxylic acids is 2. The summed E-state index contributed by atoms with van der Waals surface area (Å²) in [6, 6.07) is 0. The van der Waals surface area contributed by atoms with Crippen molar-refractivity contribution < 1.29 is 14.3 Å². The maximum Gasteiger partial charge on any atom is 0.375 e. The Balaban J connectivity index is 3.93. The number of unbranched alkanes of at least 4 members (excludes halogenated alkanes) is 1. The van der Waals surface area contributed by atoms with Gasteiger partial charge in [0, 0.05) is 5.92 Å². The van der Waals surface area contributed by atoms with Crippen LogP contribution in [0.25, 0.3) is 0 Å². The van der Waals surface area contributed by atoms with Gasteiger partial charge in [0.1, 0.15) is 0 Å². The normalized spacial score (nSPS) is 13.0. The highest BCUT2D eigenvalue weighted by Crippen LogP contribution is 2.09. The smallest absolute Gasteiger partial charge is 0.375 e. The predicted molar refractivity (Wildman–Crippen MR) is 68.7 cm³/mol. The second-order valence-corrected chi connectivity index (χ2v) is 4.56. The molecule has 0 rings (SSSR count). The molecule has 17 heavy (non-hydrogen) atoms. The predicted octanol–water partition coefficient (Wildman–Crippen LogP) is 3.28. The monoisotopic (exact) mass is 240 g/mol. The highest BCUT2D eigenvalue weighted by atomic mass is 16.5. The van der Waals surface area contributed by atoms with E-state index in [1.54, 1.807) is 20.8 Å². The minimum absolute atomic E-state index is 0.233. The maximum atomic E-state index is 11.6. The van der Waals surface area contributed by atoms with Crippen molar-refractivity contribution in [3.8, 4) is 0 Å². The topological polar surface area (TPSA) is 43.4 Å². The summed E-state index contributed by atoms with van der Waals surface area (Å²) in [6.07, 6.45) is 7.69. The first kappa shape index (κ1) is 15.9. The van der Waals surface area contributed by atoms with E-state index in [-0.39, 0.29) is 12.0 Å². The van der Waals surface area contributed by atoms with E-state index in [2.05, 4.69) is 19.1 Å². The molecule has 1 atom stereocenters. The molecule has 0 radical (unpaired) electrons. The number of rotatable bonds is 8. The van der Waals surface area contributed by atoms with Gasteiger partial charge in [0.25, 0.3) is 0 Å². The van der Waals surface area contributed by atoms with E-state index in [4.69, 9.17) is 4.74 Å². The molecule has 0 heterocycles. The third kappa shape index (κ3) is 7.72. The van der Waals surface area contributed by atoms with Crippen molar-refractivity contribution in [2.24, 2.45) is 5.92 Å². The summed E-state index contributed by atoms with van der Waals surface area (Å²) in [5.74, 6) is -1.37. The van der Waals surface area contributed by atoms with Crippen molar-refractivity contribution >= 4 is 11.8 Å². The molecule has 0 aliphatic carbocycles. The summed E-state index contributed by atoms with van der Waals surface area (Å²) in [5, 5.41) is 0. The lowest BCUT2D eigenvalue weighted by atomic mass is 10.0. The molecule has 0 aromatic rings. The Bertz CT molecular complexity index is 267. The third-order valence-electron chi connectivity index (χ3n) is 2.38. The summed E-state index contributed by atoms with van der Waals surface area (Å²) in [7, 11) is 0. The molecule has 0 spiro atoms. The van der Waals surface area contributed by atoms with Crippen molar-refractivity contribution in [2.45, 2.75) is 59.5 Å². The number of hydrogen-bond donors (Lipinski definition) is 0. The summed E-state index contributed by atoms with van der Waals surface area (Å²) in [6.45, 7) is 7.38. The molecule has 0 aliphatic rings. The Morgan fingerprint density at radius 1 is 1.12 bits per heavy atom. The Morgan fingerprint density at radius 3 is 2.24 bits per heavy atom. The van der Waals surface area contributed by atoms with Gasteiger partial charge in [-0.3, -0.25) is 4.79 Å². The van der Waals surface area contributed by atoms with Gasteiger partial charge in [-0.2, -0.15) is 0 Å². The van der Waals surface area contributed by atoms with E-state index in [1.807, 2.05) is 0 Å². The summed E-state index contributed by atoms with van der Waals surface area (Å²) in [5.41, 5.74) is 0. The fourth-order valence-electron chi connectivity index (χ4n) is 1.35. The quantitative estimate of drug-likeness (QED) is 0.371. The van der Waals surface area contributed by atoms with Crippen LogP contribution in [0.3, 0.4) is 0 Å². The number of allylic oxidation sites excluding steroid dienone is 2. The molecule has 3 nitrogen and oxygen atoms in total. The minimum atomic E-state index is -0.704. The fourth-order valence-corrected chi connectivity index (χ4v) is 1.35. The van der Waals surface area contributed by atoms with Crippen LogP contribution in [-0.2, 0) is 14.3 Å². The van der Waals surface area contributed by atoms with E-state index < -0.39 is 11.8 Å². The van der Waals surface area contributed by atoms with E-state index in [1.165, 1.54) is 0 Å². The summed E-state index contributed by atoms with van der Waals surface area (Å²) < 4.78 is 4.87. The Morgan fingerprint density at radius 2 is 1.71 bits per heavy atom. The molecule has 3 heteroatoms. The van der Waals surface area contributed by atoms with Crippen molar-refractivity contribution in [1.82, 2.24) is 0 Å². The van der Waals surface area contributed by atoms with Crippen molar-refractivity contribution in [3.63, 3.8) is 0 Å². The summed E-state index contributed by atoms with van der Waals surface area (Å²) in [4.78, 5) is 22.9. The first-order valence-electron chi connectivity index (χ1n) is 6.38. The fraction of sp³-hybridized carbons (Fsp3) is 0.714. The average Bonchev–Trinajstić information content (AvgIpc) is 2.26. The molecule has 1 unspecified atom stereocenters. The van der Waals surface area contributed by atoms with Gasteiger partial charge in [-0.05, 0) is 33.1 Å². The Kier molecular flexibility index (Phi) is 8.38.